The number of rotatable bonds is 2. The van der Waals surface area contributed by atoms with Gasteiger partial charge in [0.25, 0.3) is 0 Å². The molecule has 2 heterocycles. The van der Waals surface area contributed by atoms with Crippen LogP contribution in [0.1, 0.15) is 40.5 Å². The molecule has 2 saturated heterocycles. The van der Waals surface area contributed by atoms with Gasteiger partial charge in [-0.15, -0.1) is 0 Å². The molecule has 16 heavy (non-hydrogen) atoms. The monoisotopic (exact) mass is 226 g/mol. The molecule has 0 bridgehead atoms. The van der Waals surface area contributed by atoms with Gasteiger partial charge in [-0.05, 0) is 33.6 Å². The zero-order valence-corrected chi connectivity index (χ0v) is 11.2. The van der Waals surface area contributed by atoms with Crippen molar-refractivity contribution in [1.82, 2.24) is 10.2 Å². The highest BCUT2D eigenvalue weighted by molar-refractivity contribution is 5.00. The summed E-state index contributed by atoms with van der Waals surface area (Å²) in [6.07, 6.45) is 2.40. The zero-order valence-electron chi connectivity index (χ0n) is 11.2. The second kappa shape index (κ2) is 4.28. The van der Waals surface area contributed by atoms with E-state index >= 15 is 0 Å². The van der Waals surface area contributed by atoms with E-state index in [2.05, 4.69) is 37.9 Å². The average Bonchev–Trinajstić information content (AvgIpc) is 2.65. The highest BCUT2D eigenvalue weighted by Crippen LogP contribution is 2.32. The first-order chi connectivity index (χ1) is 7.47. The third-order valence-electron chi connectivity index (χ3n) is 4.19. The van der Waals surface area contributed by atoms with Crippen LogP contribution in [0.15, 0.2) is 0 Å². The number of piperazine rings is 1. The van der Waals surface area contributed by atoms with Crippen LogP contribution in [0.4, 0.5) is 0 Å². The maximum atomic E-state index is 5.61. The minimum absolute atomic E-state index is 0.233. The van der Waals surface area contributed by atoms with Crippen LogP contribution in [0, 0.1) is 0 Å². The minimum atomic E-state index is 0.233. The third-order valence-corrected chi connectivity index (χ3v) is 4.19. The van der Waals surface area contributed by atoms with Crippen LogP contribution in [0.2, 0.25) is 0 Å². The van der Waals surface area contributed by atoms with Crippen LogP contribution < -0.4 is 5.32 Å². The van der Waals surface area contributed by atoms with Gasteiger partial charge in [0.2, 0.25) is 0 Å². The van der Waals surface area contributed by atoms with E-state index in [4.69, 9.17) is 4.74 Å². The van der Waals surface area contributed by atoms with Crippen LogP contribution in [0.3, 0.4) is 0 Å². The number of nitrogens with one attached hydrogen (secondary N) is 1. The fourth-order valence-electron chi connectivity index (χ4n) is 2.99. The van der Waals surface area contributed by atoms with Crippen molar-refractivity contribution >= 4 is 0 Å². The van der Waals surface area contributed by atoms with E-state index in [-0.39, 0.29) is 11.1 Å². The molecule has 94 valence electrons. The van der Waals surface area contributed by atoms with Crippen LogP contribution in [-0.4, -0.2) is 48.3 Å². The molecule has 2 atom stereocenters. The van der Waals surface area contributed by atoms with Gasteiger partial charge in [-0.2, -0.15) is 0 Å². The van der Waals surface area contributed by atoms with Crippen LogP contribution in [0.5, 0.6) is 0 Å². The van der Waals surface area contributed by atoms with Gasteiger partial charge in [0.1, 0.15) is 0 Å². The van der Waals surface area contributed by atoms with Gasteiger partial charge >= 0.3 is 0 Å². The Hall–Kier alpha value is -0.120. The highest BCUT2D eigenvalue weighted by atomic mass is 16.5. The summed E-state index contributed by atoms with van der Waals surface area (Å²) in [5.41, 5.74) is 0.497. The molecule has 2 unspecified atom stereocenters. The molecule has 0 spiro atoms. The van der Waals surface area contributed by atoms with Gasteiger partial charge < -0.3 is 10.1 Å². The summed E-state index contributed by atoms with van der Waals surface area (Å²) in [5.74, 6) is 0. The van der Waals surface area contributed by atoms with Gasteiger partial charge in [-0.3, -0.25) is 4.90 Å². The van der Waals surface area contributed by atoms with E-state index in [0.29, 0.717) is 6.04 Å². The predicted molar refractivity (Wildman–Crippen MR) is 66.7 cm³/mol. The average molecular weight is 226 g/mol. The lowest BCUT2D eigenvalue weighted by Gasteiger charge is -2.51. The third kappa shape index (κ3) is 2.27. The molecule has 0 radical (unpaired) electrons. The smallest absolute Gasteiger partial charge is 0.0648 e. The predicted octanol–water partition coefficient (Wildman–Crippen LogP) is 1.63. The summed E-state index contributed by atoms with van der Waals surface area (Å²) >= 11 is 0. The Kier molecular flexibility index (Phi) is 3.30. The summed E-state index contributed by atoms with van der Waals surface area (Å²) in [6, 6.07) is 0.666. The molecule has 3 heteroatoms. The zero-order chi connectivity index (χ0) is 11.8. The normalized spacial score (nSPS) is 40.1. The van der Waals surface area contributed by atoms with E-state index < -0.39 is 0 Å². The van der Waals surface area contributed by atoms with Crippen molar-refractivity contribution in [3.8, 4) is 0 Å². The number of hydrogen-bond donors (Lipinski definition) is 1. The largest absolute Gasteiger partial charge is 0.379 e. The lowest BCUT2D eigenvalue weighted by Crippen LogP contribution is -2.67. The minimum Gasteiger partial charge on any atom is -0.379 e. The van der Waals surface area contributed by atoms with Crippen molar-refractivity contribution in [2.75, 3.05) is 26.3 Å². The van der Waals surface area contributed by atoms with Crippen molar-refractivity contribution in [1.29, 1.82) is 0 Å². The quantitative estimate of drug-likeness (QED) is 0.774. The second-order valence-corrected chi connectivity index (χ2v) is 6.25. The van der Waals surface area contributed by atoms with Gasteiger partial charge in [-0.1, -0.05) is 6.92 Å². The Bertz CT molecular complexity index is 246. The Labute approximate surface area is 99.5 Å². The summed E-state index contributed by atoms with van der Waals surface area (Å²) in [5, 5.41) is 3.65. The molecule has 0 amide bonds. The van der Waals surface area contributed by atoms with Crippen LogP contribution in [-0.2, 0) is 4.74 Å². The first-order valence-corrected chi connectivity index (χ1v) is 6.56. The Morgan fingerprint density at radius 3 is 2.69 bits per heavy atom. The highest BCUT2D eigenvalue weighted by Gasteiger charge is 2.43. The molecule has 0 saturated carbocycles. The summed E-state index contributed by atoms with van der Waals surface area (Å²) < 4.78 is 5.61. The van der Waals surface area contributed by atoms with Gasteiger partial charge in [-0.25, -0.2) is 0 Å². The van der Waals surface area contributed by atoms with E-state index in [1.807, 2.05) is 0 Å². The molecule has 2 fully saturated rings. The maximum Gasteiger partial charge on any atom is 0.0648 e. The number of nitrogens with zero attached hydrogens (tertiary/aromatic N) is 1. The lowest BCUT2D eigenvalue weighted by molar-refractivity contribution is -0.00661. The number of hydrogen-bond acceptors (Lipinski definition) is 3. The molecule has 1 N–H and O–H groups in total. The fourth-order valence-corrected chi connectivity index (χ4v) is 2.99. The van der Waals surface area contributed by atoms with E-state index in [0.717, 1.165) is 26.3 Å². The van der Waals surface area contributed by atoms with Crippen molar-refractivity contribution in [2.24, 2.45) is 0 Å². The first-order valence-electron chi connectivity index (χ1n) is 6.56. The Balaban J connectivity index is 2.14. The Morgan fingerprint density at radius 1 is 1.38 bits per heavy atom. The van der Waals surface area contributed by atoms with Crippen LogP contribution >= 0.6 is 0 Å². The van der Waals surface area contributed by atoms with Crippen LogP contribution in [0.25, 0.3) is 0 Å². The summed E-state index contributed by atoms with van der Waals surface area (Å²) in [7, 11) is 0. The molecule has 2 aliphatic heterocycles. The van der Waals surface area contributed by atoms with Gasteiger partial charge in [0.05, 0.1) is 6.61 Å². The van der Waals surface area contributed by atoms with E-state index in [1.165, 1.54) is 12.8 Å². The van der Waals surface area contributed by atoms with Crippen molar-refractivity contribution in [3.05, 3.63) is 0 Å². The Morgan fingerprint density at radius 2 is 2.12 bits per heavy atom. The summed E-state index contributed by atoms with van der Waals surface area (Å²) in [6.45, 7) is 13.3. The van der Waals surface area contributed by atoms with E-state index in [1.54, 1.807) is 0 Å². The lowest BCUT2D eigenvalue weighted by atomic mass is 9.89. The van der Waals surface area contributed by atoms with Gasteiger partial charge in [0.15, 0.2) is 0 Å². The first kappa shape index (κ1) is 12.3. The van der Waals surface area contributed by atoms with Crippen molar-refractivity contribution < 1.29 is 4.74 Å². The molecule has 3 nitrogen and oxygen atoms in total. The van der Waals surface area contributed by atoms with E-state index in [9.17, 15) is 0 Å². The molecule has 2 aliphatic rings. The molecule has 0 aliphatic carbocycles. The second-order valence-electron chi connectivity index (χ2n) is 6.25. The molecule has 2 rings (SSSR count). The molecular weight excluding hydrogens is 200 g/mol. The molecule has 0 aromatic rings. The van der Waals surface area contributed by atoms with Crippen molar-refractivity contribution in [2.45, 2.75) is 57.7 Å². The van der Waals surface area contributed by atoms with Gasteiger partial charge in [0, 0.05) is 36.8 Å². The molecule has 0 aromatic heterocycles. The number of ether oxygens (including phenoxy) is 1. The maximum absolute atomic E-state index is 5.61. The standard InChI is InChI=1S/C13H26N2O/c1-5-11-8-14-12(2,3)9-15(11)13(4)6-7-16-10-13/h11,14H,5-10H2,1-4H3. The fraction of sp³-hybridized carbons (Fsp3) is 1.00. The topological polar surface area (TPSA) is 24.5 Å². The SMILES string of the molecule is CCC1CNC(C)(C)CN1C1(C)CCOC1. The molecule has 0 aromatic carbocycles. The molecular formula is C13H26N2O. The summed E-state index contributed by atoms with van der Waals surface area (Å²) in [4.78, 5) is 2.69. The van der Waals surface area contributed by atoms with Crippen molar-refractivity contribution in [3.63, 3.8) is 0 Å².